The molecular formula is C31H32O13. The van der Waals surface area contributed by atoms with Gasteiger partial charge >= 0.3 is 23.9 Å². The van der Waals surface area contributed by atoms with Gasteiger partial charge in [0.1, 0.15) is 42.2 Å². The Morgan fingerprint density at radius 1 is 0.750 bits per heavy atom. The first-order valence-corrected chi connectivity index (χ1v) is 13.5. The lowest BCUT2D eigenvalue weighted by atomic mass is 9.89. The van der Waals surface area contributed by atoms with Crippen LogP contribution >= 0.6 is 0 Å². The lowest BCUT2D eigenvalue weighted by molar-refractivity contribution is -0.254. The van der Waals surface area contributed by atoms with Crippen molar-refractivity contribution in [3.63, 3.8) is 0 Å². The van der Waals surface area contributed by atoms with E-state index in [-0.39, 0.29) is 33.3 Å². The maximum absolute atomic E-state index is 13.8. The third kappa shape index (κ3) is 6.83. The van der Waals surface area contributed by atoms with E-state index < -0.39 is 61.0 Å². The number of fused-ring (bicyclic) bond motifs is 1. The molecule has 0 radical (unpaired) electrons. The van der Waals surface area contributed by atoms with Crippen molar-refractivity contribution in [2.24, 2.45) is 0 Å². The quantitative estimate of drug-likeness (QED) is 0.256. The molecule has 3 aromatic rings. The number of benzene rings is 2. The van der Waals surface area contributed by atoms with E-state index in [0.717, 1.165) is 20.8 Å². The van der Waals surface area contributed by atoms with Crippen LogP contribution in [0.1, 0.15) is 39.4 Å². The van der Waals surface area contributed by atoms with Gasteiger partial charge in [-0.05, 0) is 29.8 Å². The van der Waals surface area contributed by atoms with Gasteiger partial charge in [0.05, 0.1) is 30.7 Å². The van der Waals surface area contributed by atoms with Crippen LogP contribution in [0, 0.1) is 0 Å². The first kappa shape index (κ1) is 32.0. The zero-order valence-electron chi connectivity index (χ0n) is 24.9. The van der Waals surface area contributed by atoms with E-state index in [0.29, 0.717) is 11.3 Å². The van der Waals surface area contributed by atoms with Gasteiger partial charge in [0.25, 0.3) is 0 Å². The Kier molecular flexibility index (Phi) is 9.89. The Balaban J connectivity index is 1.94. The van der Waals surface area contributed by atoms with Crippen molar-refractivity contribution < 1.29 is 56.8 Å². The van der Waals surface area contributed by atoms with Gasteiger partial charge in [-0.1, -0.05) is 12.1 Å². The average molecular weight is 613 g/mol. The molecule has 0 unspecified atom stereocenters. The number of esters is 4. The second-order valence-corrected chi connectivity index (χ2v) is 9.89. The van der Waals surface area contributed by atoms with Crippen LogP contribution in [-0.2, 0) is 42.9 Å². The molecule has 1 fully saturated rings. The number of carbonyl (C=O) groups is 4. The summed E-state index contributed by atoms with van der Waals surface area (Å²) < 4.78 is 45.0. The van der Waals surface area contributed by atoms with Crippen molar-refractivity contribution in [2.45, 2.75) is 58.2 Å². The number of ether oxygens (including phenoxy) is 7. The molecule has 13 heteroatoms. The molecule has 44 heavy (non-hydrogen) atoms. The minimum atomic E-state index is -1.43. The molecule has 0 spiro atoms. The third-order valence-electron chi connectivity index (χ3n) is 6.84. The Morgan fingerprint density at radius 3 is 1.93 bits per heavy atom. The van der Waals surface area contributed by atoms with Crippen molar-refractivity contribution >= 4 is 34.8 Å². The summed E-state index contributed by atoms with van der Waals surface area (Å²) in [4.78, 5) is 62.2. The fourth-order valence-electron chi connectivity index (χ4n) is 5.08. The van der Waals surface area contributed by atoms with Gasteiger partial charge < -0.3 is 37.6 Å². The number of hydrogen-bond donors (Lipinski definition) is 0. The molecule has 0 amide bonds. The molecule has 234 valence electrons. The molecule has 1 aliphatic heterocycles. The van der Waals surface area contributed by atoms with Gasteiger partial charge in [-0.2, -0.15) is 0 Å². The average Bonchev–Trinajstić information content (AvgIpc) is 2.97. The summed E-state index contributed by atoms with van der Waals surface area (Å²) in [6.45, 7) is 4.14. The maximum atomic E-state index is 13.8. The summed E-state index contributed by atoms with van der Waals surface area (Å²) in [6, 6.07) is 9.86. The highest BCUT2D eigenvalue weighted by atomic mass is 16.7. The molecule has 2 aromatic carbocycles. The molecule has 4 rings (SSSR count). The van der Waals surface area contributed by atoms with Gasteiger partial charge in [0.15, 0.2) is 18.3 Å². The first-order chi connectivity index (χ1) is 20.9. The predicted molar refractivity (Wildman–Crippen MR) is 152 cm³/mol. The Hall–Kier alpha value is -4.91. The Labute approximate surface area is 251 Å². The van der Waals surface area contributed by atoms with Crippen molar-refractivity contribution in [1.82, 2.24) is 0 Å². The summed E-state index contributed by atoms with van der Waals surface area (Å²) in [5.41, 5.74) is 0.628. The molecule has 2 heterocycles. The summed E-state index contributed by atoms with van der Waals surface area (Å²) >= 11 is 0. The molecule has 0 saturated carbocycles. The van der Waals surface area contributed by atoms with Gasteiger partial charge in [0.2, 0.25) is 5.43 Å². The smallest absolute Gasteiger partial charge is 0.303 e. The fourth-order valence-corrected chi connectivity index (χ4v) is 5.08. The predicted octanol–water partition coefficient (Wildman–Crippen LogP) is 3.28. The summed E-state index contributed by atoms with van der Waals surface area (Å²) in [6.07, 6.45) is -5.48. The highest BCUT2D eigenvalue weighted by Crippen LogP contribution is 2.44. The number of carbonyl (C=O) groups excluding carboxylic acids is 4. The lowest BCUT2D eigenvalue weighted by Gasteiger charge is -2.44. The van der Waals surface area contributed by atoms with E-state index >= 15 is 0 Å². The largest absolute Gasteiger partial charge is 0.497 e. The van der Waals surface area contributed by atoms with E-state index in [9.17, 15) is 24.0 Å². The van der Waals surface area contributed by atoms with Gasteiger partial charge in [-0.15, -0.1) is 0 Å². The molecule has 13 nitrogen and oxygen atoms in total. The minimum absolute atomic E-state index is 0.0347. The number of hydrogen-bond acceptors (Lipinski definition) is 13. The highest BCUT2D eigenvalue weighted by molar-refractivity contribution is 5.86. The van der Waals surface area contributed by atoms with Crippen LogP contribution < -0.4 is 14.9 Å². The zero-order valence-corrected chi connectivity index (χ0v) is 24.9. The second kappa shape index (κ2) is 13.6. The third-order valence-corrected chi connectivity index (χ3v) is 6.84. The number of rotatable bonds is 9. The van der Waals surface area contributed by atoms with Crippen LogP contribution in [0.4, 0.5) is 0 Å². The summed E-state index contributed by atoms with van der Waals surface area (Å²) in [5, 5.41) is 0.141. The molecule has 0 aliphatic carbocycles. The maximum Gasteiger partial charge on any atom is 0.303 e. The molecule has 5 atom stereocenters. The second-order valence-electron chi connectivity index (χ2n) is 9.89. The van der Waals surface area contributed by atoms with Gasteiger partial charge in [-0.25, -0.2) is 0 Å². The van der Waals surface area contributed by atoms with E-state index in [1.54, 1.807) is 24.3 Å². The van der Waals surface area contributed by atoms with E-state index in [1.807, 2.05) is 0 Å². The standard InChI is InChI=1S/C31H32O13/c1-15(32)39-14-24-28(41-16(2)33)30(42-17(3)34)31(43-18(4)35)29(44-24)25-23(38-6)12-11-21-26(36)22(13-40-27(21)25)19-7-9-20(37-5)10-8-19/h7-13,24,28-31H,14H2,1-6H3/t24-,28-,29+,30+,31+/m1/s1. The van der Waals surface area contributed by atoms with Gasteiger partial charge in [-0.3, -0.25) is 24.0 Å². The normalized spacial score (nSPS) is 21.2. The van der Waals surface area contributed by atoms with Crippen LogP contribution in [-0.4, -0.2) is 69.1 Å². The van der Waals surface area contributed by atoms with Crippen LogP contribution in [0.25, 0.3) is 22.1 Å². The highest BCUT2D eigenvalue weighted by Gasteiger charge is 2.53. The summed E-state index contributed by atoms with van der Waals surface area (Å²) in [5.74, 6) is -2.19. The lowest BCUT2D eigenvalue weighted by Crippen LogP contribution is -2.59. The van der Waals surface area contributed by atoms with Crippen LogP contribution in [0.15, 0.2) is 51.9 Å². The molecule has 0 bridgehead atoms. The number of methoxy groups -OCH3 is 2. The zero-order chi connectivity index (χ0) is 32.1. The van der Waals surface area contributed by atoms with Crippen molar-refractivity contribution in [2.75, 3.05) is 20.8 Å². The van der Waals surface area contributed by atoms with Gasteiger partial charge in [0, 0.05) is 27.7 Å². The Bertz CT molecular complexity index is 1610. The van der Waals surface area contributed by atoms with Crippen LogP contribution in [0.5, 0.6) is 11.5 Å². The van der Waals surface area contributed by atoms with Crippen molar-refractivity contribution in [3.8, 4) is 22.6 Å². The summed E-state index contributed by atoms with van der Waals surface area (Å²) in [7, 11) is 2.90. The minimum Gasteiger partial charge on any atom is -0.497 e. The Morgan fingerprint density at radius 2 is 1.36 bits per heavy atom. The first-order valence-electron chi connectivity index (χ1n) is 13.5. The van der Waals surface area contributed by atoms with Crippen molar-refractivity contribution in [3.05, 3.63) is 58.4 Å². The fraction of sp³-hybridized carbons (Fsp3) is 0.387. The SMILES string of the molecule is COc1ccc(-c2coc3c([C@@H]4O[C@H](COC(C)=O)[C@@H](OC(C)=O)[C@H](OC(C)=O)[C@H]4OC(C)=O)c(OC)ccc3c2=O)cc1. The molecule has 1 aromatic heterocycles. The van der Waals surface area contributed by atoms with E-state index in [1.165, 1.54) is 39.5 Å². The topological polar surface area (TPSA) is 163 Å². The van der Waals surface area contributed by atoms with Crippen LogP contribution in [0.3, 0.4) is 0 Å². The molecule has 0 N–H and O–H groups in total. The van der Waals surface area contributed by atoms with Crippen molar-refractivity contribution in [1.29, 1.82) is 0 Å². The molecule has 1 saturated heterocycles. The monoisotopic (exact) mass is 612 g/mol. The van der Waals surface area contributed by atoms with E-state index in [2.05, 4.69) is 0 Å². The van der Waals surface area contributed by atoms with E-state index in [4.69, 9.17) is 37.6 Å². The molecular weight excluding hydrogens is 580 g/mol. The molecule has 1 aliphatic rings. The van der Waals surface area contributed by atoms with Crippen LogP contribution in [0.2, 0.25) is 0 Å².